The molecule has 0 spiro atoms. The Labute approximate surface area is 168 Å². The van der Waals surface area contributed by atoms with E-state index in [9.17, 15) is 9.90 Å². The third-order valence-corrected chi connectivity index (χ3v) is 5.07. The summed E-state index contributed by atoms with van der Waals surface area (Å²) in [4.78, 5) is 11.5. The van der Waals surface area contributed by atoms with Crippen molar-refractivity contribution in [2.24, 2.45) is 5.92 Å². The SMILES string of the molecule is COc1ccc(Br)c(CNC(C(=O)O)C(C)C)c1OCc1ccc(C)cc1. The van der Waals surface area contributed by atoms with Crippen LogP contribution in [0.5, 0.6) is 11.5 Å². The number of hydrogen-bond acceptors (Lipinski definition) is 4. The summed E-state index contributed by atoms with van der Waals surface area (Å²) < 4.78 is 12.4. The Hall–Kier alpha value is -2.05. The van der Waals surface area contributed by atoms with Gasteiger partial charge in [-0.15, -0.1) is 0 Å². The van der Waals surface area contributed by atoms with E-state index >= 15 is 0 Å². The minimum atomic E-state index is -0.869. The van der Waals surface area contributed by atoms with Crippen LogP contribution >= 0.6 is 15.9 Å². The number of ether oxygens (including phenoxy) is 2. The summed E-state index contributed by atoms with van der Waals surface area (Å²) in [7, 11) is 1.59. The van der Waals surface area contributed by atoms with Crippen LogP contribution in [-0.2, 0) is 17.9 Å². The standard InChI is InChI=1S/C21H26BrNO4/c1-13(2)19(21(24)25)23-11-16-17(22)9-10-18(26-4)20(16)27-12-15-7-5-14(3)6-8-15/h5-10,13,19,23H,11-12H2,1-4H3,(H,24,25). The lowest BCUT2D eigenvalue weighted by atomic mass is 10.0. The number of methoxy groups -OCH3 is 1. The molecule has 1 unspecified atom stereocenters. The number of aliphatic carboxylic acids is 1. The molecule has 0 bridgehead atoms. The molecule has 2 rings (SSSR count). The van der Waals surface area contributed by atoms with E-state index in [0.717, 1.165) is 15.6 Å². The van der Waals surface area contributed by atoms with Crippen LogP contribution in [0.15, 0.2) is 40.9 Å². The van der Waals surface area contributed by atoms with Gasteiger partial charge in [0.25, 0.3) is 0 Å². The Kier molecular flexibility index (Phi) is 7.68. The Morgan fingerprint density at radius 2 is 1.85 bits per heavy atom. The van der Waals surface area contributed by atoms with Gasteiger partial charge < -0.3 is 14.6 Å². The van der Waals surface area contributed by atoms with Crippen LogP contribution < -0.4 is 14.8 Å². The predicted molar refractivity (Wildman–Crippen MR) is 109 cm³/mol. The molecule has 0 aliphatic heterocycles. The van der Waals surface area contributed by atoms with Gasteiger partial charge in [0, 0.05) is 16.6 Å². The maximum atomic E-state index is 11.5. The Bertz CT molecular complexity index is 774. The lowest BCUT2D eigenvalue weighted by Crippen LogP contribution is -2.40. The highest BCUT2D eigenvalue weighted by Crippen LogP contribution is 2.37. The number of nitrogens with one attached hydrogen (secondary N) is 1. The van der Waals surface area contributed by atoms with E-state index in [-0.39, 0.29) is 5.92 Å². The van der Waals surface area contributed by atoms with Crippen LogP contribution in [0, 0.1) is 12.8 Å². The average molecular weight is 436 g/mol. The summed E-state index contributed by atoms with van der Waals surface area (Å²) >= 11 is 3.55. The smallest absolute Gasteiger partial charge is 0.320 e. The highest BCUT2D eigenvalue weighted by molar-refractivity contribution is 9.10. The second-order valence-corrected chi connectivity index (χ2v) is 7.63. The van der Waals surface area contributed by atoms with Crippen molar-refractivity contribution in [1.29, 1.82) is 0 Å². The first-order chi connectivity index (χ1) is 12.8. The van der Waals surface area contributed by atoms with E-state index in [4.69, 9.17) is 9.47 Å². The van der Waals surface area contributed by atoms with Gasteiger partial charge in [0.05, 0.1) is 7.11 Å². The molecule has 146 valence electrons. The monoisotopic (exact) mass is 435 g/mol. The Morgan fingerprint density at radius 3 is 2.41 bits per heavy atom. The fourth-order valence-electron chi connectivity index (χ4n) is 2.73. The van der Waals surface area contributed by atoms with Crippen molar-refractivity contribution in [3.63, 3.8) is 0 Å². The van der Waals surface area contributed by atoms with Crippen LogP contribution in [-0.4, -0.2) is 24.2 Å². The number of aryl methyl sites for hydroxylation is 1. The lowest BCUT2D eigenvalue weighted by molar-refractivity contribution is -0.140. The van der Waals surface area contributed by atoms with Crippen LogP contribution in [0.1, 0.15) is 30.5 Å². The van der Waals surface area contributed by atoms with Gasteiger partial charge in [-0.3, -0.25) is 10.1 Å². The molecule has 0 aliphatic carbocycles. The number of rotatable bonds is 9. The second-order valence-electron chi connectivity index (χ2n) is 6.77. The summed E-state index contributed by atoms with van der Waals surface area (Å²) in [6.07, 6.45) is 0. The molecule has 5 nitrogen and oxygen atoms in total. The number of carboxylic acids is 1. The summed E-state index contributed by atoms with van der Waals surface area (Å²) in [5, 5.41) is 12.5. The first kappa shape index (κ1) is 21.3. The first-order valence-electron chi connectivity index (χ1n) is 8.83. The summed E-state index contributed by atoms with van der Waals surface area (Å²) in [5.74, 6) is 0.307. The van der Waals surface area contributed by atoms with Crippen molar-refractivity contribution in [2.45, 2.75) is 40.0 Å². The van der Waals surface area contributed by atoms with Gasteiger partial charge in [-0.1, -0.05) is 59.6 Å². The van der Waals surface area contributed by atoms with E-state index in [2.05, 4.69) is 21.2 Å². The summed E-state index contributed by atoms with van der Waals surface area (Å²) in [6.45, 7) is 6.53. The van der Waals surface area contributed by atoms with E-state index in [1.54, 1.807) is 7.11 Å². The maximum absolute atomic E-state index is 11.5. The number of hydrogen-bond donors (Lipinski definition) is 2. The van der Waals surface area contributed by atoms with Gasteiger partial charge in [-0.2, -0.15) is 0 Å². The van der Waals surface area contributed by atoms with Crippen LogP contribution in [0.4, 0.5) is 0 Å². The minimum Gasteiger partial charge on any atom is -0.493 e. The van der Waals surface area contributed by atoms with E-state index in [0.29, 0.717) is 24.7 Å². The molecule has 0 heterocycles. The third kappa shape index (κ3) is 5.71. The number of carboxylic acid groups (broad SMARTS) is 1. The normalized spacial score (nSPS) is 12.1. The largest absolute Gasteiger partial charge is 0.493 e. The van der Waals surface area contributed by atoms with Crippen LogP contribution in [0.25, 0.3) is 0 Å². The zero-order valence-electron chi connectivity index (χ0n) is 16.1. The number of carbonyl (C=O) groups is 1. The van der Waals surface area contributed by atoms with Gasteiger partial charge in [0.15, 0.2) is 11.5 Å². The first-order valence-corrected chi connectivity index (χ1v) is 9.62. The average Bonchev–Trinajstić information content (AvgIpc) is 2.62. The minimum absolute atomic E-state index is 0.0381. The van der Waals surface area contributed by atoms with Gasteiger partial charge >= 0.3 is 5.97 Å². The zero-order valence-corrected chi connectivity index (χ0v) is 17.7. The third-order valence-electron chi connectivity index (χ3n) is 4.32. The van der Waals surface area contributed by atoms with E-state index in [1.165, 1.54) is 5.56 Å². The molecule has 2 aromatic carbocycles. The molecule has 1 atom stereocenters. The lowest BCUT2D eigenvalue weighted by Gasteiger charge is -2.21. The van der Waals surface area contributed by atoms with Crippen molar-refractivity contribution in [1.82, 2.24) is 5.32 Å². The summed E-state index contributed by atoms with van der Waals surface area (Å²) in [5.41, 5.74) is 3.07. The fourth-order valence-corrected chi connectivity index (χ4v) is 3.18. The molecule has 0 radical (unpaired) electrons. The Morgan fingerprint density at radius 1 is 1.19 bits per heavy atom. The fraction of sp³-hybridized carbons (Fsp3) is 0.381. The van der Waals surface area contributed by atoms with Gasteiger partial charge in [0.1, 0.15) is 12.6 Å². The van der Waals surface area contributed by atoms with Crippen molar-refractivity contribution < 1.29 is 19.4 Å². The maximum Gasteiger partial charge on any atom is 0.320 e. The topological polar surface area (TPSA) is 67.8 Å². The molecule has 6 heteroatoms. The molecule has 2 N–H and O–H groups in total. The van der Waals surface area contributed by atoms with Crippen molar-refractivity contribution in [3.05, 3.63) is 57.6 Å². The van der Waals surface area contributed by atoms with Crippen LogP contribution in [0.3, 0.4) is 0 Å². The molecule has 0 aliphatic rings. The quantitative estimate of drug-likeness (QED) is 0.604. The van der Waals surface area contributed by atoms with Gasteiger partial charge in [0.2, 0.25) is 0 Å². The predicted octanol–water partition coefficient (Wildman–Crippen LogP) is 4.54. The Balaban J connectivity index is 2.24. The van der Waals surface area contributed by atoms with Crippen molar-refractivity contribution in [2.75, 3.05) is 7.11 Å². The van der Waals surface area contributed by atoms with E-state index in [1.807, 2.05) is 57.2 Å². The molecule has 0 aromatic heterocycles. The molecule has 0 fully saturated rings. The highest BCUT2D eigenvalue weighted by atomic mass is 79.9. The molecule has 0 saturated carbocycles. The molecule has 27 heavy (non-hydrogen) atoms. The number of halogens is 1. The molecule has 2 aromatic rings. The second kappa shape index (κ2) is 9.76. The molecule has 0 saturated heterocycles. The number of benzene rings is 2. The van der Waals surface area contributed by atoms with Crippen molar-refractivity contribution >= 4 is 21.9 Å². The van der Waals surface area contributed by atoms with E-state index < -0.39 is 12.0 Å². The van der Waals surface area contributed by atoms with Gasteiger partial charge in [-0.05, 0) is 30.5 Å². The van der Waals surface area contributed by atoms with Gasteiger partial charge in [-0.25, -0.2) is 0 Å². The molecular weight excluding hydrogens is 410 g/mol. The molecular formula is C21H26BrNO4. The van der Waals surface area contributed by atoms with Crippen LogP contribution in [0.2, 0.25) is 0 Å². The molecule has 0 amide bonds. The van der Waals surface area contributed by atoms with Crippen molar-refractivity contribution in [3.8, 4) is 11.5 Å². The highest BCUT2D eigenvalue weighted by Gasteiger charge is 2.23. The summed E-state index contributed by atoms with van der Waals surface area (Å²) in [6, 6.07) is 11.2. The zero-order chi connectivity index (χ0) is 20.0.